The van der Waals surface area contributed by atoms with Crippen LogP contribution in [-0.4, -0.2) is 85.2 Å². The van der Waals surface area contributed by atoms with E-state index in [1.165, 1.54) is 53.6 Å². The largest absolute Gasteiger partial charge is 0.481 e. The van der Waals surface area contributed by atoms with E-state index in [0.29, 0.717) is 27.8 Å². The number of carboxylic acid groups (broad SMARTS) is 1. The minimum Gasteiger partial charge on any atom is -0.481 e. The van der Waals surface area contributed by atoms with Crippen LogP contribution < -0.4 is 4.74 Å². The van der Waals surface area contributed by atoms with Gasteiger partial charge in [0, 0.05) is 24.9 Å². The van der Waals surface area contributed by atoms with Gasteiger partial charge in [0.2, 0.25) is 21.7 Å². The first-order chi connectivity index (χ1) is 24.0. The number of amides is 1. The first-order valence-corrected chi connectivity index (χ1v) is 17.8. The van der Waals surface area contributed by atoms with Gasteiger partial charge in [-0.15, -0.1) is 10.2 Å². The summed E-state index contributed by atoms with van der Waals surface area (Å²) in [5.41, 5.74) is -0.951. The molecule has 0 saturated carbocycles. The molecular formula is C35H39F3N6O7S. The number of carbonyl (C=O) groups is 2. The summed E-state index contributed by atoms with van der Waals surface area (Å²) in [6, 6.07) is 9.53. The zero-order valence-electron chi connectivity index (χ0n) is 29.6. The van der Waals surface area contributed by atoms with Gasteiger partial charge in [-0.25, -0.2) is 18.2 Å². The highest BCUT2D eigenvalue weighted by Gasteiger charge is 2.54. The van der Waals surface area contributed by atoms with Crippen LogP contribution in [0, 0.1) is 19.3 Å². The van der Waals surface area contributed by atoms with Crippen LogP contribution in [-0.2, 0) is 32.3 Å². The minimum absolute atomic E-state index is 0.0400. The Bertz CT molecular complexity index is 2190. The highest BCUT2D eigenvalue weighted by Crippen LogP contribution is 2.45. The molecule has 1 amide bonds. The second-order valence-corrected chi connectivity index (χ2v) is 16.9. The molecule has 17 heteroatoms. The molecule has 1 spiro atoms. The Kier molecular flexibility index (Phi) is 8.84. The summed E-state index contributed by atoms with van der Waals surface area (Å²) in [5.74, 6) is -3.36. The first kappa shape index (κ1) is 37.0. The molecule has 1 aromatic carbocycles. The third kappa shape index (κ3) is 6.55. The highest BCUT2D eigenvalue weighted by atomic mass is 32.2. The van der Waals surface area contributed by atoms with Crippen molar-refractivity contribution < 1.29 is 45.8 Å². The molecule has 1 fully saturated rings. The molecule has 6 rings (SSSR count). The van der Waals surface area contributed by atoms with E-state index in [1.807, 2.05) is 0 Å². The van der Waals surface area contributed by atoms with Crippen molar-refractivity contribution in [1.29, 1.82) is 0 Å². The number of aliphatic carboxylic acids is 1. The number of carbonyl (C=O) groups excluding carboxylic acids is 1. The van der Waals surface area contributed by atoms with Crippen LogP contribution in [0.2, 0.25) is 0 Å². The average Bonchev–Trinajstić information content (AvgIpc) is 3.43. The van der Waals surface area contributed by atoms with E-state index in [2.05, 4.69) is 15.2 Å². The number of likely N-dealkylation sites (tertiary alicyclic amines) is 1. The lowest BCUT2D eigenvalue weighted by molar-refractivity contribution is -0.147. The summed E-state index contributed by atoms with van der Waals surface area (Å²) in [7, 11) is -4.21. The standard InChI is InChI=1S/C35H39F3N6O7S/c1-20-10-11-22(26(33(6,7)30(45)46)24-12-14-44-27(21(24)2)40-41-29(44)35(36,37)38)15-23(20)16-43-19-34(17-42(18-34)31(47)51-32(3,4)5)50-28-25(52(43,48)49)9-8-13-39-28/h8-15,26H,16-19H2,1-7H3,(H,45,46)/t26-/m0/s1. The van der Waals surface area contributed by atoms with E-state index in [1.54, 1.807) is 52.8 Å². The van der Waals surface area contributed by atoms with Crippen LogP contribution >= 0.6 is 0 Å². The Morgan fingerprint density at radius 1 is 1.04 bits per heavy atom. The van der Waals surface area contributed by atoms with Crippen molar-refractivity contribution in [3.63, 3.8) is 0 Å². The lowest BCUT2D eigenvalue weighted by atomic mass is 9.70. The van der Waals surface area contributed by atoms with Gasteiger partial charge >= 0.3 is 18.2 Å². The van der Waals surface area contributed by atoms with Crippen LogP contribution in [0.15, 0.2) is 53.7 Å². The highest BCUT2D eigenvalue weighted by molar-refractivity contribution is 7.89. The Hall–Kier alpha value is -4.77. The van der Waals surface area contributed by atoms with Gasteiger partial charge < -0.3 is 14.6 Å². The molecule has 52 heavy (non-hydrogen) atoms. The van der Waals surface area contributed by atoms with E-state index in [9.17, 15) is 36.3 Å². The zero-order chi connectivity index (χ0) is 38.2. The Labute approximate surface area is 298 Å². The molecule has 4 aromatic rings. The van der Waals surface area contributed by atoms with Crippen molar-refractivity contribution in [1.82, 2.24) is 28.8 Å². The molecule has 2 aliphatic rings. The molecule has 0 aliphatic carbocycles. The van der Waals surface area contributed by atoms with E-state index in [-0.39, 0.29) is 42.6 Å². The lowest BCUT2D eigenvalue weighted by Crippen LogP contribution is -2.70. The normalized spacial score (nSPS) is 17.9. The number of sulfonamides is 1. The third-order valence-electron chi connectivity index (χ3n) is 9.50. The summed E-state index contributed by atoms with van der Waals surface area (Å²) in [6.45, 7) is 11.4. The first-order valence-electron chi connectivity index (χ1n) is 16.4. The number of nitrogens with zero attached hydrogens (tertiary/aromatic N) is 6. The maximum Gasteiger partial charge on any atom is 0.452 e. The molecule has 0 radical (unpaired) electrons. The summed E-state index contributed by atoms with van der Waals surface area (Å²) >= 11 is 0. The van der Waals surface area contributed by atoms with Crippen LogP contribution in [0.3, 0.4) is 0 Å². The number of fused-ring (bicyclic) bond motifs is 2. The van der Waals surface area contributed by atoms with Gasteiger partial charge in [0.1, 0.15) is 10.5 Å². The van der Waals surface area contributed by atoms with Crippen molar-refractivity contribution in [2.24, 2.45) is 5.41 Å². The number of hydrogen-bond acceptors (Lipinski definition) is 9. The van der Waals surface area contributed by atoms with E-state index < -0.39 is 56.6 Å². The van der Waals surface area contributed by atoms with Crippen molar-refractivity contribution in [3.8, 4) is 5.88 Å². The molecule has 1 atom stereocenters. The third-order valence-corrected chi connectivity index (χ3v) is 11.3. The number of halogens is 3. The summed E-state index contributed by atoms with van der Waals surface area (Å²) in [4.78, 5) is 31.1. The average molecular weight is 745 g/mol. The van der Waals surface area contributed by atoms with Gasteiger partial charge in [-0.1, -0.05) is 18.2 Å². The van der Waals surface area contributed by atoms with Gasteiger partial charge in [0.25, 0.3) is 0 Å². The molecule has 3 aromatic heterocycles. The molecule has 278 valence electrons. The predicted molar refractivity (Wildman–Crippen MR) is 180 cm³/mol. The quantitative estimate of drug-likeness (QED) is 0.265. The number of aromatic nitrogens is 4. The minimum atomic E-state index is -4.76. The van der Waals surface area contributed by atoms with Crippen LogP contribution in [0.5, 0.6) is 5.88 Å². The summed E-state index contributed by atoms with van der Waals surface area (Å²) in [6.07, 6.45) is -2.73. The van der Waals surface area contributed by atoms with Crippen molar-refractivity contribution in [2.75, 3.05) is 19.6 Å². The van der Waals surface area contributed by atoms with Gasteiger partial charge in [-0.2, -0.15) is 17.5 Å². The number of benzene rings is 1. The Morgan fingerprint density at radius 3 is 2.37 bits per heavy atom. The number of hydrogen-bond donors (Lipinski definition) is 1. The van der Waals surface area contributed by atoms with E-state index in [0.717, 1.165) is 4.40 Å². The molecule has 2 aliphatic heterocycles. The molecular weight excluding hydrogens is 705 g/mol. The molecule has 0 bridgehead atoms. The SMILES string of the molecule is Cc1ccc([C@@H](c2ccn3c(C(F)(F)F)nnc3c2C)C(C)(C)C(=O)O)cc1CN1CC2(CN(C(=O)OC(C)(C)C)C2)Oc2ncccc2S1(=O)=O. The van der Waals surface area contributed by atoms with Gasteiger partial charge in [-0.3, -0.25) is 14.1 Å². The second kappa shape index (κ2) is 12.4. The van der Waals surface area contributed by atoms with Crippen LogP contribution in [0.25, 0.3) is 5.65 Å². The topological polar surface area (TPSA) is 157 Å². The maximum atomic E-state index is 14.2. The van der Waals surface area contributed by atoms with Crippen molar-refractivity contribution in [3.05, 3.63) is 82.4 Å². The number of ether oxygens (including phenoxy) is 2. The van der Waals surface area contributed by atoms with Crippen molar-refractivity contribution in [2.45, 2.75) is 83.2 Å². The summed E-state index contributed by atoms with van der Waals surface area (Å²) in [5, 5.41) is 17.5. The van der Waals surface area contributed by atoms with Gasteiger partial charge in [0.15, 0.2) is 11.2 Å². The van der Waals surface area contributed by atoms with E-state index in [4.69, 9.17) is 9.47 Å². The van der Waals surface area contributed by atoms with Crippen molar-refractivity contribution >= 4 is 27.7 Å². The van der Waals surface area contributed by atoms with Crippen LogP contribution in [0.1, 0.15) is 74.2 Å². The Balaban J connectivity index is 1.41. The molecule has 5 heterocycles. The second-order valence-electron chi connectivity index (χ2n) is 15.0. The fourth-order valence-corrected chi connectivity index (χ4v) is 8.34. The fourth-order valence-electron chi connectivity index (χ4n) is 6.79. The predicted octanol–water partition coefficient (Wildman–Crippen LogP) is 5.58. The molecule has 1 saturated heterocycles. The van der Waals surface area contributed by atoms with Gasteiger partial charge in [0.05, 0.1) is 25.0 Å². The Morgan fingerprint density at radius 2 is 1.73 bits per heavy atom. The molecule has 0 unspecified atom stereocenters. The number of rotatable bonds is 6. The number of pyridine rings is 2. The molecule has 13 nitrogen and oxygen atoms in total. The zero-order valence-corrected chi connectivity index (χ0v) is 30.5. The smallest absolute Gasteiger partial charge is 0.452 e. The van der Waals surface area contributed by atoms with Gasteiger partial charge in [-0.05, 0) is 94.5 Å². The number of carboxylic acids is 1. The number of alkyl halides is 3. The lowest BCUT2D eigenvalue weighted by Gasteiger charge is -2.49. The maximum absolute atomic E-state index is 14.2. The van der Waals surface area contributed by atoms with E-state index >= 15 is 0 Å². The molecule has 1 N–H and O–H groups in total. The fraction of sp³-hybridized carbons (Fsp3) is 0.457. The number of aryl methyl sites for hydroxylation is 2. The van der Waals surface area contributed by atoms with Crippen LogP contribution in [0.4, 0.5) is 18.0 Å². The monoisotopic (exact) mass is 744 g/mol. The summed E-state index contributed by atoms with van der Waals surface area (Å²) < 4.78 is 83.2.